The third-order valence-corrected chi connectivity index (χ3v) is 5.40. The summed E-state index contributed by atoms with van der Waals surface area (Å²) in [6, 6.07) is 8.85. The lowest BCUT2D eigenvalue weighted by Crippen LogP contribution is -2.32. The van der Waals surface area contributed by atoms with Gasteiger partial charge in [-0.05, 0) is 55.1 Å². The van der Waals surface area contributed by atoms with Crippen molar-refractivity contribution in [2.24, 2.45) is 17.6 Å². The SMILES string of the molecule is CCC1CCC(C(N)CC2CCOc3ccccc32)C1. The minimum absolute atomic E-state index is 0.364. The van der Waals surface area contributed by atoms with Crippen LogP contribution in [0.1, 0.15) is 56.9 Å². The third kappa shape index (κ3) is 2.85. The Bertz CT molecular complexity index is 445. The molecule has 1 heterocycles. The van der Waals surface area contributed by atoms with Gasteiger partial charge >= 0.3 is 0 Å². The first-order chi connectivity index (χ1) is 9.78. The van der Waals surface area contributed by atoms with Crippen LogP contribution in [0.3, 0.4) is 0 Å². The maximum atomic E-state index is 6.54. The number of hydrogen-bond donors (Lipinski definition) is 1. The molecule has 2 nitrogen and oxygen atoms in total. The van der Waals surface area contributed by atoms with Gasteiger partial charge in [-0.1, -0.05) is 38.0 Å². The van der Waals surface area contributed by atoms with Crippen LogP contribution >= 0.6 is 0 Å². The third-order valence-electron chi connectivity index (χ3n) is 5.40. The van der Waals surface area contributed by atoms with E-state index in [0.29, 0.717) is 12.0 Å². The van der Waals surface area contributed by atoms with Crippen LogP contribution in [-0.2, 0) is 0 Å². The van der Waals surface area contributed by atoms with Gasteiger partial charge < -0.3 is 10.5 Å². The number of benzene rings is 1. The first kappa shape index (κ1) is 13.9. The Morgan fingerprint density at radius 3 is 2.90 bits per heavy atom. The smallest absolute Gasteiger partial charge is 0.122 e. The summed E-state index contributed by atoms with van der Waals surface area (Å²) in [5.74, 6) is 3.34. The average Bonchev–Trinajstić information content (AvgIpc) is 2.97. The highest BCUT2D eigenvalue weighted by Crippen LogP contribution is 2.40. The van der Waals surface area contributed by atoms with E-state index >= 15 is 0 Å². The van der Waals surface area contributed by atoms with Crippen LogP contribution in [0, 0.1) is 11.8 Å². The summed E-state index contributed by atoms with van der Waals surface area (Å²) in [5.41, 5.74) is 7.92. The second-order valence-electron chi connectivity index (χ2n) is 6.62. The molecule has 1 saturated carbocycles. The largest absolute Gasteiger partial charge is 0.493 e. The van der Waals surface area contributed by atoms with E-state index in [0.717, 1.165) is 37.0 Å². The Labute approximate surface area is 122 Å². The Balaban J connectivity index is 1.64. The number of ether oxygens (including phenoxy) is 1. The first-order valence-electron chi connectivity index (χ1n) is 8.25. The molecule has 0 amide bonds. The van der Waals surface area contributed by atoms with Crippen molar-refractivity contribution in [1.82, 2.24) is 0 Å². The van der Waals surface area contributed by atoms with Gasteiger partial charge in [0.25, 0.3) is 0 Å². The predicted molar refractivity (Wildman–Crippen MR) is 83.0 cm³/mol. The van der Waals surface area contributed by atoms with Crippen LogP contribution in [0.15, 0.2) is 24.3 Å². The minimum Gasteiger partial charge on any atom is -0.493 e. The second-order valence-corrected chi connectivity index (χ2v) is 6.62. The van der Waals surface area contributed by atoms with E-state index in [-0.39, 0.29) is 0 Å². The van der Waals surface area contributed by atoms with Crippen molar-refractivity contribution in [3.8, 4) is 5.75 Å². The summed E-state index contributed by atoms with van der Waals surface area (Å²) in [7, 11) is 0. The molecule has 0 aromatic heterocycles. The van der Waals surface area contributed by atoms with Gasteiger partial charge in [0.15, 0.2) is 0 Å². The van der Waals surface area contributed by atoms with E-state index in [1.807, 2.05) is 0 Å². The number of hydrogen-bond acceptors (Lipinski definition) is 2. The van der Waals surface area contributed by atoms with Gasteiger partial charge in [-0.2, -0.15) is 0 Å². The Morgan fingerprint density at radius 2 is 2.10 bits per heavy atom. The van der Waals surface area contributed by atoms with Crippen molar-refractivity contribution in [3.63, 3.8) is 0 Å². The maximum absolute atomic E-state index is 6.54. The fourth-order valence-electron chi connectivity index (χ4n) is 4.05. The van der Waals surface area contributed by atoms with Crippen molar-refractivity contribution in [2.45, 2.75) is 57.4 Å². The molecule has 1 aromatic carbocycles. The van der Waals surface area contributed by atoms with Crippen LogP contribution in [0.5, 0.6) is 5.75 Å². The molecule has 4 unspecified atom stereocenters. The lowest BCUT2D eigenvalue weighted by molar-refractivity contribution is 0.250. The minimum atomic E-state index is 0.364. The van der Waals surface area contributed by atoms with Gasteiger partial charge in [0, 0.05) is 6.04 Å². The van der Waals surface area contributed by atoms with E-state index in [1.165, 1.54) is 31.2 Å². The van der Waals surface area contributed by atoms with E-state index in [1.54, 1.807) is 0 Å². The van der Waals surface area contributed by atoms with Crippen LogP contribution in [-0.4, -0.2) is 12.6 Å². The quantitative estimate of drug-likeness (QED) is 0.896. The summed E-state index contributed by atoms with van der Waals surface area (Å²) in [5, 5.41) is 0. The predicted octanol–water partition coefficient (Wildman–Crippen LogP) is 4.10. The second kappa shape index (κ2) is 6.17. The molecular formula is C18H27NO. The molecule has 3 rings (SSSR count). The summed E-state index contributed by atoms with van der Waals surface area (Å²) < 4.78 is 5.75. The number of fused-ring (bicyclic) bond motifs is 1. The molecule has 1 aliphatic heterocycles. The van der Waals surface area contributed by atoms with E-state index in [9.17, 15) is 0 Å². The fraction of sp³-hybridized carbons (Fsp3) is 0.667. The van der Waals surface area contributed by atoms with E-state index < -0.39 is 0 Å². The van der Waals surface area contributed by atoms with Crippen molar-refractivity contribution in [1.29, 1.82) is 0 Å². The highest BCUT2D eigenvalue weighted by atomic mass is 16.5. The zero-order valence-corrected chi connectivity index (χ0v) is 12.6. The molecule has 110 valence electrons. The highest BCUT2D eigenvalue weighted by Gasteiger charge is 2.31. The summed E-state index contributed by atoms with van der Waals surface area (Å²) in [6.07, 6.45) is 7.64. The van der Waals surface area contributed by atoms with Crippen LogP contribution in [0.25, 0.3) is 0 Å². The van der Waals surface area contributed by atoms with Gasteiger partial charge in [0.2, 0.25) is 0 Å². The van der Waals surface area contributed by atoms with Crippen LogP contribution in [0.4, 0.5) is 0 Å². The normalized spacial score (nSPS) is 30.6. The van der Waals surface area contributed by atoms with Gasteiger partial charge in [-0.3, -0.25) is 0 Å². The van der Waals surface area contributed by atoms with E-state index in [4.69, 9.17) is 10.5 Å². The maximum Gasteiger partial charge on any atom is 0.122 e. The zero-order chi connectivity index (χ0) is 13.9. The zero-order valence-electron chi connectivity index (χ0n) is 12.6. The molecular weight excluding hydrogens is 246 g/mol. The van der Waals surface area contributed by atoms with Crippen molar-refractivity contribution < 1.29 is 4.74 Å². The molecule has 1 aliphatic carbocycles. The molecule has 0 spiro atoms. The Kier molecular flexibility index (Phi) is 4.30. The topological polar surface area (TPSA) is 35.2 Å². The molecule has 2 heteroatoms. The average molecular weight is 273 g/mol. The van der Waals surface area contributed by atoms with Crippen LogP contribution in [0.2, 0.25) is 0 Å². The summed E-state index contributed by atoms with van der Waals surface area (Å²) in [6.45, 7) is 3.16. The Hall–Kier alpha value is -1.02. The van der Waals surface area contributed by atoms with Crippen molar-refractivity contribution in [3.05, 3.63) is 29.8 Å². The Morgan fingerprint density at radius 1 is 1.25 bits per heavy atom. The van der Waals surface area contributed by atoms with E-state index in [2.05, 4.69) is 31.2 Å². The van der Waals surface area contributed by atoms with Gasteiger partial charge in [0.05, 0.1) is 6.61 Å². The van der Waals surface area contributed by atoms with Gasteiger partial charge in [0.1, 0.15) is 5.75 Å². The number of nitrogens with two attached hydrogens (primary N) is 1. The lowest BCUT2D eigenvalue weighted by atomic mass is 9.83. The number of rotatable bonds is 4. The fourth-order valence-corrected chi connectivity index (χ4v) is 4.05. The molecule has 0 saturated heterocycles. The van der Waals surface area contributed by atoms with Crippen molar-refractivity contribution >= 4 is 0 Å². The molecule has 0 bridgehead atoms. The molecule has 2 N–H and O–H groups in total. The first-order valence-corrected chi connectivity index (χ1v) is 8.25. The molecule has 2 aliphatic rings. The van der Waals surface area contributed by atoms with Crippen LogP contribution < -0.4 is 10.5 Å². The molecule has 1 fully saturated rings. The number of para-hydroxylation sites is 1. The molecule has 0 radical (unpaired) electrons. The van der Waals surface area contributed by atoms with Gasteiger partial charge in [-0.15, -0.1) is 0 Å². The molecule has 4 atom stereocenters. The monoisotopic (exact) mass is 273 g/mol. The molecule has 20 heavy (non-hydrogen) atoms. The summed E-state index contributed by atoms with van der Waals surface area (Å²) in [4.78, 5) is 0. The lowest BCUT2D eigenvalue weighted by Gasteiger charge is -2.30. The van der Waals surface area contributed by atoms with Crippen molar-refractivity contribution in [2.75, 3.05) is 6.61 Å². The molecule has 1 aromatic rings. The van der Waals surface area contributed by atoms with Gasteiger partial charge in [-0.25, -0.2) is 0 Å². The summed E-state index contributed by atoms with van der Waals surface area (Å²) >= 11 is 0. The standard InChI is InChI=1S/C18H27NO/c1-2-13-7-8-15(11-13)17(19)12-14-9-10-20-18-6-4-3-5-16(14)18/h3-6,13-15,17H,2,7-12,19H2,1H3. The highest BCUT2D eigenvalue weighted by molar-refractivity contribution is 5.37.